The van der Waals surface area contributed by atoms with Crippen LogP contribution in [0.1, 0.15) is 5.56 Å². The number of fused-ring (bicyclic) bond motifs is 1. The molecule has 1 heterocycles. The lowest BCUT2D eigenvalue weighted by Crippen LogP contribution is -1.91. The van der Waals surface area contributed by atoms with Gasteiger partial charge in [0.15, 0.2) is 5.82 Å². The molecule has 0 amide bonds. The highest BCUT2D eigenvalue weighted by atomic mass is 79.9. The van der Waals surface area contributed by atoms with E-state index in [0.29, 0.717) is 10.2 Å². The summed E-state index contributed by atoms with van der Waals surface area (Å²) in [7, 11) is 1.58. The molecule has 2 nitrogen and oxygen atoms in total. The van der Waals surface area contributed by atoms with Crippen molar-refractivity contribution in [3.63, 3.8) is 0 Å². The fraction of sp³-hybridized carbons (Fsp3) is 0.182. The number of aromatic nitrogens is 1. The third kappa shape index (κ3) is 1.69. The number of nitrogens with zero attached hydrogens (tertiary/aromatic N) is 1. The van der Waals surface area contributed by atoms with E-state index >= 15 is 0 Å². The second-order valence-corrected chi connectivity index (χ2v) is 4.05. The molecule has 1 aromatic carbocycles. The Balaban J connectivity index is 2.86. The number of pyridine rings is 1. The molecule has 2 aromatic rings. The first-order valence-corrected chi connectivity index (χ1v) is 5.21. The lowest BCUT2D eigenvalue weighted by molar-refractivity contribution is 0.415. The Bertz CT molecular complexity index is 527. The molecule has 0 unspecified atom stereocenters. The van der Waals surface area contributed by atoms with Crippen LogP contribution in [0, 0.1) is 12.7 Å². The first kappa shape index (κ1) is 10.4. The molecule has 2 rings (SSSR count). The number of halogens is 2. The summed E-state index contributed by atoms with van der Waals surface area (Å²) >= 11 is 3.21. The van der Waals surface area contributed by atoms with Crippen LogP contribution in [0.2, 0.25) is 0 Å². The van der Waals surface area contributed by atoms with Crippen molar-refractivity contribution in [3.8, 4) is 5.75 Å². The topological polar surface area (TPSA) is 22.1 Å². The minimum absolute atomic E-state index is 0.366. The average molecular weight is 270 g/mol. The minimum Gasteiger partial charge on any atom is -0.497 e. The molecule has 0 radical (unpaired) electrons. The Morgan fingerprint density at radius 1 is 1.40 bits per heavy atom. The van der Waals surface area contributed by atoms with Gasteiger partial charge >= 0.3 is 0 Å². The van der Waals surface area contributed by atoms with Gasteiger partial charge in [-0.15, -0.1) is 0 Å². The number of hydrogen-bond donors (Lipinski definition) is 0. The Morgan fingerprint density at radius 2 is 2.13 bits per heavy atom. The predicted molar refractivity (Wildman–Crippen MR) is 60.7 cm³/mol. The zero-order valence-corrected chi connectivity index (χ0v) is 9.93. The van der Waals surface area contributed by atoms with Crippen LogP contribution in [0.25, 0.3) is 10.9 Å². The van der Waals surface area contributed by atoms with Gasteiger partial charge in [0.25, 0.3) is 0 Å². The smallest absolute Gasteiger partial charge is 0.156 e. The van der Waals surface area contributed by atoms with Gasteiger partial charge in [0.1, 0.15) is 5.75 Å². The lowest BCUT2D eigenvalue weighted by atomic mass is 10.1. The van der Waals surface area contributed by atoms with Gasteiger partial charge in [0.2, 0.25) is 0 Å². The van der Waals surface area contributed by atoms with E-state index in [1.165, 1.54) is 6.20 Å². The molecule has 4 heteroatoms. The maximum Gasteiger partial charge on any atom is 0.156 e. The first-order valence-electron chi connectivity index (χ1n) is 4.42. The summed E-state index contributed by atoms with van der Waals surface area (Å²) in [6.07, 6.45) is 1.21. The zero-order chi connectivity index (χ0) is 11.0. The first-order chi connectivity index (χ1) is 7.13. The van der Waals surface area contributed by atoms with E-state index in [1.807, 2.05) is 13.0 Å². The van der Waals surface area contributed by atoms with Crippen LogP contribution in [0.5, 0.6) is 5.75 Å². The van der Waals surface area contributed by atoms with E-state index in [0.717, 1.165) is 16.5 Å². The largest absolute Gasteiger partial charge is 0.497 e. The van der Waals surface area contributed by atoms with Crippen LogP contribution in [0.15, 0.2) is 22.8 Å². The monoisotopic (exact) mass is 269 g/mol. The van der Waals surface area contributed by atoms with Gasteiger partial charge in [0, 0.05) is 5.39 Å². The summed E-state index contributed by atoms with van der Waals surface area (Å²) in [5, 5.41) is 0.729. The number of aryl methyl sites for hydroxylation is 1. The normalized spacial score (nSPS) is 10.7. The van der Waals surface area contributed by atoms with E-state index in [9.17, 15) is 4.39 Å². The lowest BCUT2D eigenvalue weighted by Gasteiger charge is -2.07. The van der Waals surface area contributed by atoms with Gasteiger partial charge in [-0.3, -0.25) is 4.98 Å². The number of methoxy groups -OCH3 is 1. The van der Waals surface area contributed by atoms with E-state index in [4.69, 9.17) is 4.74 Å². The van der Waals surface area contributed by atoms with Crippen molar-refractivity contribution in [1.82, 2.24) is 4.98 Å². The summed E-state index contributed by atoms with van der Waals surface area (Å²) in [6.45, 7) is 1.92. The maximum atomic E-state index is 13.3. The molecule has 0 fully saturated rings. The maximum absolute atomic E-state index is 13.3. The van der Waals surface area contributed by atoms with Crippen molar-refractivity contribution >= 4 is 26.8 Å². The average Bonchev–Trinajstić information content (AvgIpc) is 2.23. The molecular formula is C11H9BrFNO. The predicted octanol–water partition coefficient (Wildman–Crippen LogP) is 3.45. The van der Waals surface area contributed by atoms with Crippen LogP contribution in [-0.4, -0.2) is 12.1 Å². The van der Waals surface area contributed by atoms with Crippen LogP contribution in [0.3, 0.4) is 0 Å². The minimum atomic E-state index is -0.366. The highest BCUT2D eigenvalue weighted by Gasteiger charge is 2.09. The summed E-state index contributed by atoms with van der Waals surface area (Å²) < 4.78 is 18.8. The van der Waals surface area contributed by atoms with Crippen molar-refractivity contribution in [3.05, 3.63) is 34.2 Å². The summed E-state index contributed by atoms with van der Waals surface area (Å²) in [6, 6.07) is 3.64. The second kappa shape index (κ2) is 3.77. The van der Waals surface area contributed by atoms with Gasteiger partial charge in [-0.25, -0.2) is 4.39 Å². The zero-order valence-electron chi connectivity index (χ0n) is 8.34. The molecular weight excluding hydrogens is 261 g/mol. The van der Waals surface area contributed by atoms with E-state index in [-0.39, 0.29) is 5.82 Å². The molecule has 78 valence electrons. The van der Waals surface area contributed by atoms with Crippen molar-refractivity contribution in [1.29, 1.82) is 0 Å². The van der Waals surface area contributed by atoms with Crippen LogP contribution in [-0.2, 0) is 0 Å². The van der Waals surface area contributed by atoms with Gasteiger partial charge in [-0.1, -0.05) is 0 Å². The van der Waals surface area contributed by atoms with Crippen molar-refractivity contribution < 1.29 is 9.13 Å². The quantitative estimate of drug-likeness (QED) is 0.791. The van der Waals surface area contributed by atoms with Gasteiger partial charge in [-0.2, -0.15) is 0 Å². The molecule has 15 heavy (non-hydrogen) atoms. The summed E-state index contributed by atoms with van der Waals surface area (Å²) in [4.78, 5) is 4.06. The van der Waals surface area contributed by atoms with Gasteiger partial charge in [-0.05, 0) is 40.5 Å². The SMILES string of the molecule is COc1cc(C)c2ncc(F)c(Br)c2c1. The molecule has 0 N–H and O–H groups in total. The van der Waals surface area contributed by atoms with Gasteiger partial charge in [0.05, 0.1) is 23.3 Å². The fourth-order valence-corrected chi connectivity index (χ4v) is 1.91. The van der Waals surface area contributed by atoms with Crippen molar-refractivity contribution in [2.24, 2.45) is 0 Å². The van der Waals surface area contributed by atoms with Gasteiger partial charge < -0.3 is 4.74 Å². The molecule has 0 aliphatic heterocycles. The Labute approximate surface area is 95.2 Å². The molecule has 0 spiro atoms. The highest BCUT2D eigenvalue weighted by Crippen LogP contribution is 2.30. The molecule has 0 aliphatic carbocycles. The van der Waals surface area contributed by atoms with E-state index in [1.54, 1.807) is 13.2 Å². The molecule has 1 aromatic heterocycles. The number of rotatable bonds is 1. The number of ether oxygens (including phenoxy) is 1. The van der Waals surface area contributed by atoms with Crippen LogP contribution < -0.4 is 4.74 Å². The van der Waals surface area contributed by atoms with Crippen molar-refractivity contribution in [2.45, 2.75) is 6.92 Å². The van der Waals surface area contributed by atoms with Crippen LogP contribution >= 0.6 is 15.9 Å². The molecule has 0 atom stereocenters. The Morgan fingerprint density at radius 3 is 2.80 bits per heavy atom. The molecule has 0 saturated heterocycles. The Kier molecular flexibility index (Phi) is 2.61. The summed E-state index contributed by atoms with van der Waals surface area (Å²) in [5.41, 5.74) is 1.74. The third-order valence-electron chi connectivity index (χ3n) is 2.26. The second-order valence-electron chi connectivity index (χ2n) is 3.26. The number of benzene rings is 1. The molecule has 0 saturated carbocycles. The van der Waals surface area contributed by atoms with E-state index in [2.05, 4.69) is 20.9 Å². The molecule has 0 bridgehead atoms. The standard InChI is InChI=1S/C11H9BrFNO/c1-6-3-7(15-2)4-8-10(12)9(13)5-14-11(6)8/h3-5H,1-2H3. The number of hydrogen-bond acceptors (Lipinski definition) is 2. The Hall–Kier alpha value is -1.16. The van der Waals surface area contributed by atoms with Crippen molar-refractivity contribution in [2.75, 3.05) is 7.11 Å². The fourth-order valence-electron chi connectivity index (χ4n) is 1.51. The summed E-state index contributed by atoms with van der Waals surface area (Å²) in [5.74, 6) is 0.336. The highest BCUT2D eigenvalue weighted by molar-refractivity contribution is 9.10. The molecule has 0 aliphatic rings. The van der Waals surface area contributed by atoms with Crippen LogP contribution in [0.4, 0.5) is 4.39 Å². The third-order valence-corrected chi connectivity index (χ3v) is 3.07. The van der Waals surface area contributed by atoms with E-state index < -0.39 is 0 Å².